The molecule has 0 saturated heterocycles. The van der Waals surface area contributed by atoms with Gasteiger partial charge in [-0.25, -0.2) is 0 Å². The van der Waals surface area contributed by atoms with E-state index in [1.165, 1.54) is 0 Å². The van der Waals surface area contributed by atoms with Gasteiger partial charge in [-0.05, 0) is 25.7 Å². The van der Waals surface area contributed by atoms with Crippen LogP contribution in [-0.2, 0) is 9.59 Å². The van der Waals surface area contributed by atoms with Crippen molar-refractivity contribution in [1.82, 2.24) is 0 Å². The van der Waals surface area contributed by atoms with Gasteiger partial charge < -0.3 is 19.8 Å². The number of hydrogen-bond donors (Lipinski definition) is 0. The first-order chi connectivity index (χ1) is 7.54. The zero-order chi connectivity index (χ0) is 12.8. The summed E-state index contributed by atoms with van der Waals surface area (Å²) < 4.78 is 0. The Morgan fingerprint density at radius 2 is 1.06 bits per heavy atom. The molecule has 0 aromatic carbocycles. The molecule has 0 fully saturated rings. The number of unbranched alkanes of at least 4 members (excludes halogenated alkanes) is 4. The van der Waals surface area contributed by atoms with E-state index in [9.17, 15) is 19.8 Å². The van der Waals surface area contributed by atoms with E-state index in [2.05, 4.69) is 0 Å². The Morgan fingerprint density at radius 1 is 0.765 bits per heavy atom. The predicted molar refractivity (Wildman–Crippen MR) is 64.1 cm³/mol. The summed E-state index contributed by atoms with van der Waals surface area (Å²) in [4.78, 5) is 19.5. The minimum atomic E-state index is -0.932. The van der Waals surface area contributed by atoms with Crippen molar-refractivity contribution in [3.63, 3.8) is 0 Å². The van der Waals surface area contributed by atoms with Gasteiger partial charge in [-0.2, -0.15) is 0 Å². The molecule has 0 aliphatic rings. The zero-order valence-corrected chi connectivity index (χ0v) is 15.4. The largest absolute Gasteiger partial charge is 2.00 e. The van der Waals surface area contributed by atoms with Crippen molar-refractivity contribution in [1.29, 1.82) is 0 Å². The van der Waals surface area contributed by atoms with Crippen molar-refractivity contribution in [3.8, 4) is 0 Å². The number of rotatable bonds is 8. The summed E-state index contributed by atoms with van der Waals surface area (Å²) in [7, 11) is 0. The van der Waals surface area contributed by atoms with E-state index in [1.54, 1.807) is 0 Å². The summed E-state index contributed by atoms with van der Waals surface area (Å²) in [6, 6.07) is 0. The van der Waals surface area contributed by atoms with Gasteiger partial charge >= 0.3 is 48.9 Å². The number of carbonyl (C=O) groups excluding carboxylic acids is 2. The number of aliphatic carboxylic acids is 2. The van der Waals surface area contributed by atoms with E-state index >= 15 is 0 Å². The maximum atomic E-state index is 9.76. The van der Waals surface area contributed by atoms with Crippen LogP contribution in [0.3, 0.4) is 0 Å². The van der Waals surface area contributed by atoms with Crippen LogP contribution in [0.15, 0.2) is 0 Å². The van der Waals surface area contributed by atoms with E-state index in [0.717, 1.165) is 38.5 Å². The van der Waals surface area contributed by atoms with Crippen molar-refractivity contribution in [3.05, 3.63) is 0 Å². The molecule has 0 aromatic rings. The van der Waals surface area contributed by atoms with Gasteiger partial charge in [0.1, 0.15) is 0 Å². The molecule has 0 aliphatic carbocycles. The molecule has 0 saturated carbocycles. The summed E-state index contributed by atoms with van der Waals surface area (Å²) in [6.07, 6.45) is 6.07. The van der Waals surface area contributed by atoms with Crippen LogP contribution in [-0.4, -0.2) is 60.8 Å². The van der Waals surface area contributed by atoms with Gasteiger partial charge in [0.15, 0.2) is 0 Å². The third kappa shape index (κ3) is 31.5. The molecule has 0 amide bonds. The molecule has 0 N–H and O–H groups in total. The average molecular weight is 368 g/mol. The van der Waals surface area contributed by atoms with E-state index in [1.807, 2.05) is 13.8 Å². The van der Waals surface area contributed by atoms with Gasteiger partial charge in [-0.15, -0.1) is 0 Å². The van der Waals surface area contributed by atoms with Crippen LogP contribution in [0.5, 0.6) is 0 Å². The van der Waals surface area contributed by atoms with Gasteiger partial charge in [-0.3, -0.25) is 0 Å². The Kier molecular flexibility index (Phi) is 25.2. The monoisotopic (exact) mass is 368 g/mol. The van der Waals surface area contributed by atoms with Crippen molar-refractivity contribution < 1.29 is 19.8 Å². The molecule has 0 bridgehead atoms. The Hall–Kier alpha value is 0.511. The van der Waals surface area contributed by atoms with Crippen molar-refractivity contribution >= 4 is 60.8 Å². The van der Waals surface area contributed by atoms with Gasteiger partial charge in [0, 0.05) is 11.9 Å². The molecule has 0 spiro atoms. The average Bonchev–Trinajstić information content (AvgIpc) is 2.18. The maximum Gasteiger partial charge on any atom is 2.00 e. The second-order valence-electron chi connectivity index (χ2n) is 3.66. The van der Waals surface area contributed by atoms with E-state index < -0.39 is 11.9 Å². The van der Waals surface area contributed by atoms with Crippen molar-refractivity contribution in [2.24, 2.45) is 0 Å². The Morgan fingerprint density at radius 3 is 1.24 bits per heavy atom. The Bertz CT molecular complexity index is 163. The van der Waals surface area contributed by atoms with E-state index in [-0.39, 0.29) is 61.7 Å². The molecule has 17 heavy (non-hydrogen) atoms. The van der Waals surface area contributed by atoms with Crippen LogP contribution in [0, 0.1) is 0 Å². The number of carboxylic acid groups (broad SMARTS) is 2. The van der Waals surface area contributed by atoms with Crippen LogP contribution < -0.4 is 10.2 Å². The third-order valence-electron chi connectivity index (χ3n) is 1.97. The standard InChI is InChI=1S/2C6H12O2.Ba/c2*1-2-3-4-5-6(7)8;/h2*2-5H2,1H3,(H,7,8);/q;;+2/p-2. The minimum Gasteiger partial charge on any atom is -0.550 e. The topological polar surface area (TPSA) is 80.3 Å². The molecule has 0 aliphatic heterocycles. The van der Waals surface area contributed by atoms with Crippen molar-refractivity contribution in [2.45, 2.75) is 65.2 Å². The van der Waals surface area contributed by atoms with Gasteiger partial charge in [-0.1, -0.05) is 39.5 Å². The predicted octanol–water partition coefficient (Wildman–Crippen LogP) is 0.252. The van der Waals surface area contributed by atoms with E-state index in [4.69, 9.17) is 0 Å². The molecular weight excluding hydrogens is 345 g/mol. The summed E-state index contributed by atoms with van der Waals surface area (Å²) in [5.41, 5.74) is 0. The molecule has 0 heterocycles. The van der Waals surface area contributed by atoms with Gasteiger partial charge in [0.05, 0.1) is 0 Å². The molecule has 0 atom stereocenters. The van der Waals surface area contributed by atoms with Gasteiger partial charge in [0.25, 0.3) is 0 Å². The van der Waals surface area contributed by atoms with Crippen LogP contribution in [0.2, 0.25) is 0 Å². The summed E-state index contributed by atoms with van der Waals surface area (Å²) in [5, 5.41) is 19.5. The van der Waals surface area contributed by atoms with Crippen LogP contribution >= 0.6 is 0 Å². The second kappa shape index (κ2) is 18.9. The smallest absolute Gasteiger partial charge is 0.550 e. The number of carboxylic acids is 2. The molecule has 5 heteroatoms. The molecule has 0 rings (SSSR count). The summed E-state index contributed by atoms with van der Waals surface area (Å²) in [5.74, 6) is -1.86. The second-order valence-corrected chi connectivity index (χ2v) is 3.66. The van der Waals surface area contributed by atoms with Crippen LogP contribution in [0.1, 0.15) is 65.2 Å². The zero-order valence-electron chi connectivity index (χ0n) is 11.0. The first-order valence-corrected chi connectivity index (χ1v) is 5.94. The summed E-state index contributed by atoms with van der Waals surface area (Å²) >= 11 is 0. The molecular formula is C12H22BaO4. The fourth-order valence-electron chi connectivity index (χ4n) is 1.04. The molecule has 0 radical (unpaired) electrons. The quantitative estimate of drug-likeness (QED) is 0.455. The number of hydrogen-bond acceptors (Lipinski definition) is 4. The first-order valence-electron chi connectivity index (χ1n) is 5.94. The van der Waals surface area contributed by atoms with Gasteiger partial charge in [0.2, 0.25) is 0 Å². The minimum absolute atomic E-state index is 0. The first kappa shape index (κ1) is 22.7. The fourth-order valence-corrected chi connectivity index (χ4v) is 1.04. The van der Waals surface area contributed by atoms with Crippen LogP contribution in [0.4, 0.5) is 0 Å². The normalized spacial score (nSPS) is 8.59. The maximum absolute atomic E-state index is 9.76. The SMILES string of the molecule is CCCCCC(=O)[O-].CCCCCC(=O)[O-].[Ba+2]. The summed E-state index contributed by atoms with van der Waals surface area (Å²) in [6.45, 7) is 4.07. The Labute approximate surface area is 144 Å². The fraction of sp³-hybridized carbons (Fsp3) is 0.833. The molecule has 96 valence electrons. The third-order valence-corrected chi connectivity index (χ3v) is 1.97. The Balaban J connectivity index is -0.000000218. The molecule has 0 unspecified atom stereocenters. The van der Waals surface area contributed by atoms with Crippen LogP contribution in [0.25, 0.3) is 0 Å². The molecule has 0 aromatic heterocycles. The van der Waals surface area contributed by atoms with E-state index in [0.29, 0.717) is 0 Å². The number of carbonyl (C=O) groups is 2. The van der Waals surface area contributed by atoms with Crippen molar-refractivity contribution in [2.75, 3.05) is 0 Å². The molecule has 4 nitrogen and oxygen atoms in total.